The van der Waals surface area contributed by atoms with Gasteiger partial charge in [0.15, 0.2) is 0 Å². The van der Waals surface area contributed by atoms with Crippen molar-refractivity contribution in [1.29, 1.82) is 0 Å². The number of aliphatic carboxylic acids is 2. The molecule has 0 spiro atoms. The van der Waals surface area contributed by atoms with Crippen molar-refractivity contribution >= 4 is 47.2 Å². The van der Waals surface area contributed by atoms with Crippen molar-refractivity contribution in [3.8, 4) is 0 Å². The van der Waals surface area contributed by atoms with Crippen LogP contribution in [0.4, 0.5) is 0 Å². The molecule has 0 radical (unpaired) electrons. The molecule has 9 nitrogen and oxygen atoms in total. The van der Waals surface area contributed by atoms with E-state index in [0.29, 0.717) is 31.6 Å². The topological polar surface area (TPSA) is 142 Å². The molecule has 5 unspecified atom stereocenters. The molecule has 0 aromatic heterocycles. The smallest absolute Gasteiger partial charge is 0.327 e. The summed E-state index contributed by atoms with van der Waals surface area (Å²) >= 11 is 3.15. The van der Waals surface area contributed by atoms with Gasteiger partial charge in [-0.1, -0.05) is 55.4 Å². The van der Waals surface area contributed by atoms with Crippen molar-refractivity contribution in [2.24, 2.45) is 10.8 Å². The standard InChI is InChI=1S/C30H54N2O7S2/c1-10-30(9,14-13-24(33)28(4,5)6)39-16-15-29(7,8)27(38)32-21(26(36)37)18-41-23-12-11-22(23)40-17-20(25(34)35)31-19(2)3/h19-23,31H,10-18H2,1-9H3,(H,32,38)(H,34,35)(H,36,37). The maximum atomic E-state index is 13.1. The number of rotatable bonds is 20. The fourth-order valence-corrected chi connectivity index (χ4v) is 7.27. The summed E-state index contributed by atoms with van der Waals surface area (Å²) in [5.41, 5.74) is -1.70. The third-order valence-electron chi connectivity index (χ3n) is 7.80. The van der Waals surface area contributed by atoms with Crippen LogP contribution in [0.5, 0.6) is 0 Å². The molecule has 0 aromatic rings. The number of Topliss-reactive ketones (excluding diaryl/α,β-unsaturated/α-hetero) is 1. The predicted molar refractivity (Wildman–Crippen MR) is 168 cm³/mol. The Kier molecular flexibility index (Phi) is 15.2. The van der Waals surface area contributed by atoms with E-state index in [2.05, 4.69) is 10.6 Å². The van der Waals surface area contributed by atoms with Crippen LogP contribution < -0.4 is 10.6 Å². The van der Waals surface area contributed by atoms with Crippen molar-refractivity contribution in [2.45, 2.75) is 135 Å². The Labute approximate surface area is 255 Å². The highest BCUT2D eigenvalue weighted by molar-refractivity contribution is 8.04. The lowest BCUT2D eigenvalue weighted by molar-refractivity contribution is -0.143. The molecule has 0 aliphatic heterocycles. The zero-order valence-corrected chi connectivity index (χ0v) is 28.1. The van der Waals surface area contributed by atoms with Crippen molar-refractivity contribution in [1.82, 2.24) is 10.6 Å². The fourth-order valence-electron chi connectivity index (χ4n) is 4.15. The minimum Gasteiger partial charge on any atom is -0.480 e. The van der Waals surface area contributed by atoms with Gasteiger partial charge in [-0.25, -0.2) is 4.79 Å². The normalized spacial score (nSPS) is 20.5. The van der Waals surface area contributed by atoms with Crippen LogP contribution in [-0.2, 0) is 23.9 Å². The molecule has 0 heterocycles. The number of hydrogen-bond acceptors (Lipinski definition) is 8. The number of ketones is 1. The van der Waals surface area contributed by atoms with Crippen LogP contribution in [0.2, 0.25) is 0 Å². The Morgan fingerprint density at radius 3 is 1.80 bits per heavy atom. The zero-order chi connectivity index (χ0) is 31.6. The second kappa shape index (κ2) is 16.5. The lowest BCUT2D eigenvalue weighted by Crippen LogP contribution is -2.49. The maximum absolute atomic E-state index is 13.1. The molecule has 0 aromatic carbocycles. The van der Waals surface area contributed by atoms with E-state index in [1.165, 1.54) is 11.8 Å². The van der Waals surface area contributed by atoms with Crippen LogP contribution in [0, 0.1) is 10.8 Å². The molecular formula is C30H54N2O7S2. The lowest BCUT2D eigenvalue weighted by atomic mass is 9.85. The number of carbonyl (C=O) groups is 4. The average molecular weight is 619 g/mol. The van der Waals surface area contributed by atoms with Gasteiger partial charge < -0.3 is 25.6 Å². The molecule has 1 saturated carbocycles. The van der Waals surface area contributed by atoms with E-state index < -0.39 is 35.0 Å². The van der Waals surface area contributed by atoms with Gasteiger partial charge in [-0.2, -0.15) is 23.5 Å². The van der Waals surface area contributed by atoms with Gasteiger partial charge in [0.25, 0.3) is 0 Å². The van der Waals surface area contributed by atoms with Crippen LogP contribution in [-0.4, -0.2) is 86.2 Å². The number of hydrogen-bond donors (Lipinski definition) is 4. The van der Waals surface area contributed by atoms with Gasteiger partial charge in [-0.3, -0.25) is 14.4 Å². The third-order valence-corrected chi connectivity index (χ3v) is 11.0. The van der Waals surface area contributed by atoms with Gasteiger partial charge in [0.1, 0.15) is 17.9 Å². The van der Waals surface area contributed by atoms with Crippen LogP contribution in [0.1, 0.15) is 101 Å². The molecule has 41 heavy (non-hydrogen) atoms. The highest BCUT2D eigenvalue weighted by atomic mass is 32.2. The summed E-state index contributed by atoms with van der Waals surface area (Å²) in [6, 6.07) is -1.57. The second-order valence-corrected chi connectivity index (χ2v) is 15.9. The molecule has 238 valence electrons. The average Bonchev–Trinajstić information content (AvgIpc) is 2.84. The van der Waals surface area contributed by atoms with E-state index in [0.717, 1.165) is 19.3 Å². The number of ether oxygens (including phenoxy) is 1. The molecule has 1 amide bonds. The van der Waals surface area contributed by atoms with E-state index in [4.69, 9.17) is 4.74 Å². The first kappa shape index (κ1) is 37.7. The Morgan fingerprint density at radius 2 is 1.39 bits per heavy atom. The van der Waals surface area contributed by atoms with E-state index in [-0.39, 0.29) is 39.4 Å². The molecule has 0 bridgehead atoms. The summed E-state index contributed by atoms with van der Waals surface area (Å²) in [5, 5.41) is 25.5. The molecule has 1 aliphatic rings. The SMILES string of the molecule is CCC(C)(CCC(=O)C(C)(C)C)OCCC(C)(C)C(=O)NC(CSC1CCC1SCC(NC(C)C)C(=O)O)C(=O)O. The molecule has 1 fully saturated rings. The first-order valence-corrected chi connectivity index (χ1v) is 16.8. The summed E-state index contributed by atoms with van der Waals surface area (Å²) in [7, 11) is 0. The van der Waals surface area contributed by atoms with Crippen LogP contribution >= 0.6 is 23.5 Å². The molecule has 11 heteroatoms. The molecule has 0 saturated heterocycles. The van der Waals surface area contributed by atoms with Gasteiger partial charge >= 0.3 is 11.9 Å². The Balaban J connectivity index is 2.59. The van der Waals surface area contributed by atoms with Gasteiger partial charge in [0.05, 0.1) is 5.60 Å². The number of thioether (sulfide) groups is 2. The Morgan fingerprint density at radius 1 is 0.878 bits per heavy atom. The number of carboxylic acid groups (broad SMARTS) is 2. The predicted octanol–water partition coefficient (Wildman–Crippen LogP) is 5.00. The largest absolute Gasteiger partial charge is 0.480 e. The molecule has 1 aliphatic carbocycles. The van der Waals surface area contributed by atoms with Crippen molar-refractivity contribution in [3.05, 3.63) is 0 Å². The first-order chi connectivity index (χ1) is 18.8. The summed E-state index contributed by atoms with van der Waals surface area (Å²) in [4.78, 5) is 49.0. The highest BCUT2D eigenvalue weighted by Crippen LogP contribution is 2.40. The van der Waals surface area contributed by atoms with Crippen molar-refractivity contribution < 1.29 is 34.1 Å². The third kappa shape index (κ3) is 13.3. The number of carboxylic acids is 2. The second-order valence-electron chi connectivity index (χ2n) is 13.4. The van der Waals surface area contributed by atoms with Crippen LogP contribution in [0.25, 0.3) is 0 Å². The fraction of sp³-hybridized carbons (Fsp3) is 0.867. The Hall–Kier alpha value is -1.30. The molecule has 1 rings (SSSR count). The van der Waals surface area contributed by atoms with E-state index in [1.807, 2.05) is 48.5 Å². The van der Waals surface area contributed by atoms with E-state index in [1.54, 1.807) is 25.6 Å². The first-order valence-electron chi connectivity index (χ1n) is 14.7. The summed E-state index contributed by atoms with van der Waals surface area (Å²) in [5.74, 6) is -1.38. The van der Waals surface area contributed by atoms with Gasteiger partial charge in [-0.15, -0.1) is 0 Å². The number of carbonyl (C=O) groups excluding carboxylic acids is 2. The minimum atomic E-state index is -1.07. The summed E-state index contributed by atoms with van der Waals surface area (Å²) < 4.78 is 6.17. The molecule has 4 N–H and O–H groups in total. The van der Waals surface area contributed by atoms with Gasteiger partial charge in [0.2, 0.25) is 5.91 Å². The van der Waals surface area contributed by atoms with Crippen LogP contribution in [0.15, 0.2) is 0 Å². The number of nitrogens with one attached hydrogen (secondary N) is 2. The summed E-state index contributed by atoms with van der Waals surface area (Å²) in [6.45, 7) is 17.5. The zero-order valence-electron chi connectivity index (χ0n) is 26.5. The maximum Gasteiger partial charge on any atom is 0.327 e. The van der Waals surface area contributed by atoms with Crippen molar-refractivity contribution in [3.63, 3.8) is 0 Å². The van der Waals surface area contributed by atoms with E-state index in [9.17, 15) is 29.4 Å². The van der Waals surface area contributed by atoms with E-state index >= 15 is 0 Å². The van der Waals surface area contributed by atoms with Gasteiger partial charge in [-0.05, 0) is 39.0 Å². The van der Waals surface area contributed by atoms with Crippen molar-refractivity contribution in [2.75, 3.05) is 18.1 Å². The summed E-state index contributed by atoms with van der Waals surface area (Å²) in [6.07, 6.45) is 4.10. The van der Waals surface area contributed by atoms with Gasteiger partial charge in [0, 0.05) is 51.9 Å². The number of amides is 1. The quantitative estimate of drug-likeness (QED) is 0.147. The highest BCUT2D eigenvalue weighted by Gasteiger charge is 2.36. The lowest BCUT2D eigenvalue weighted by Gasteiger charge is -2.37. The Bertz CT molecular complexity index is 891. The molecule has 5 atom stereocenters. The minimum absolute atomic E-state index is 0.0688. The van der Waals surface area contributed by atoms with Crippen LogP contribution in [0.3, 0.4) is 0 Å². The monoisotopic (exact) mass is 618 g/mol. The molecular weight excluding hydrogens is 564 g/mol.